The van der Waals surface area contributed by atoms with Crippen molar-refractivity contribution in [3.8, 4) is 0 Å². The number of nitrogens with one attached hydrogen (secondary N) is 1. The predicted molar refractivity (Wildman–Crippen MR) is 76.4 cm³/mol. The Bertz CT molecular complexity index is 375. The molecule has 2 aliphatic heterocycles. The molecule has 0 spiro atoms. The Morgan fingerprint density at radius 2 is 2.00 bits per heavy atom. The molecule has 0 saturated carbocycles. The van der Waals surface area contributed by atoms with E-state index < -0.39 is 11.4 Å². The summed E-state index contributed by atoms with van der Waals surface area (Å²) in [7, 11) is 0. The highest BCUT2D eigenvalue weighted by molar-refractivity contribution is 5.80. The zero-order chi connectivity index (χ0) is 14.8. The molecule has 2 aliphatic rings. The van der Waals surface area contributed by atoms with E-state index in [4.69, 9.17) is 0 Å². The van der Waals surface area contributed by atoms with Crippen LogP contribution in [0.4, 0.5) is 0 Å². The molecule has 1 amide bonds. The third-order valence-electron chi connectivity index (χ3n) is 5.14. The Morgan fingerprint density at radius 1 is 1.35 bits per heavy atom. The van der Waals surface area contributed by atoms with E-state index in [0.717, 1.165) is 19.4 Å². The lowest BCUT2D eigenvalue weighted by Crippen LogP contribution is -2.50. The zero-order valence-corrected chi connectivity index (χ0v) is 12.5. The van der Waals surface area contributed by atoms with Gasteiger partial charge in [0.15, 0.2) is 0 Å². The van der Waals surface area contributed by atoms with Crippen LogP contribution in [0.3, 0.4) is 0 Å². The smallest absolute Gasteiger partial charge is 0.309 e. The number of carboxylic acid groups (broad SMARTS) is 1. The maximum Gasteiger partial charge on any atom is 0.309 e. The predicted octanol–water partition coefficient (Wildman–Crippen LogP) is 1.48. The molecule has 20 heavy (non-hydrogen) atoms. The second kappa shape index (κ2) is 6.12. The van der Waals surface area contributed by atoms with E-state index in [1.165, 1.54) is 0 Å². The average molecular weight is 282 g/mol. The highest BCUT2D eigenvalue weighted by Crippen LogP contribution is 2.36. The summed E-state index contributed by atoms with van der Waals surface area (Å²) in [6, 6.07) is 0.399. The van der Waals surface area contributed by atoms with E-state index in [2.05, 4.69) is 12.2 Å². The number of nitrogens with zero attached hydrogens (tertiary/aromatic N) is 1. The van der Waals surface area contributed by atoms with Crippen LogP contribution in [0.15, 0.2) is 0 Å². The van der Waals surface area contributed by atoms with Gasteiger partial charge in [-0.2, -0.15) is 0 Å². The molecule has 0 aromatic rings. The molecule has 0 aliphatic carbocycles. The first-order chi connectivity index (χ1) is 9.48. The minimum absolute atomic E-state index is 0.116. The van der Waals surface area contributed by atoms with Crippen LogP contribution in [0.2, 0.25) is 0 Å². The molecule has 2 heterocycles. The molecule has 2 saturated heterocycles. The Balaban J connectivity index is 1.93. The standard InChI is InChI=1S/C15H26N2O3/c1-3-15(14(19)20)5-8-17(9-6-15)13(18)12-4-7-16-11(2)10-12/h11-12,16H,3-10H2,1-2H3,(H,19,20). The summed E-state index contributed by atoms with van der Waals surface area (Å²) >= 11 is 0. The number of carbonyl (C=O) groups is 2. The second-order valence-corrected chi connectivity index (χ2v) is 6.34. The van der Waals surface area contributed by atoms with Crippen molar-refractivity contribution in [3.05, 3.63) is 0 Å². The van der Waals surface area contributed by atoms with Crippen molar-refractivity contribution in [2.45, 2.75) is 52.0 Å². The quantitative estimate of drug-likeness (QED) is 0.822. The molecule has 0 radical (unpaired) electrons. The van der Waals surface area contributed by atoms with Crippen molar-refractivity contribution < 1.29 is 14.7 Å². The molecule has 0 aromatic carbocycles. The second-order valence-electron chi connectivity index (χ2n) is 6.34. The fourth-order valence-electron chi connectivity index (χ4n) is 3.49. The van der Waals surface area contributed by atoms with Gasteiger partial charge in [0, 0.05) is 25.0 Å². The summed E-state index contributed by atoms with van der Waals surface area (Å²) in [6.07, 6.45) is 3.62. The van der Waals surface area contributed by atoms with Gasteiger partial charge in [-0.25, -0.2) is 0 Å². The lowest BCUT2D eigenvalue weighted by Gasteiger charge is -2.40. The highest BCUT2D eigenvalue weighted by atomic mass is 16.4. The molecule has 2 fully saturated rings. The summed E-state index contributed by atoms with van der Waals surface area (Å²) in [5.41, 5.74) is -0.613. The molecule has 0 aromatic heterocycles. The van der Waals surface area contributed by atoms with Gasteiger partial charge in [0.25, 0.3) is 0 Å². The zero-order valence-electron chi connectivity index (χ0n) is 12.5. The van der Waals surface area contributed by atoms with Crippen molar-refractivity contribution in [3.63, 3.8) is 0 Å². The molecule has 0 bridgehead atoms. The lowest BCUT2D eigenvalue weighted by molar-refractivity contribution is -0.155. The number of hydrogen-bond acceptors (Lipinski definition) is 3. The fourth-order valence-corrected chi connectivity index (χ4v) is 3.49. The van der Waals surface area contributed by atoms with Gasteiger partial charge in [-0.15, -0.1) is 0 Å². The topological polar surface area (TPSA) is 69.6 Å². The number of aliphatic carboxylic acids is 1. The van der Waals surface area contributed by atoms with E-state index in [1.807, 2.05) is 11.8 Å². The molecular formula is C15H26N2O3. The molecule has 2 N–H and O–H groups in total. The summed E-state index contributed by atoms with van der Waals surface area (Å²) in [5.74, 6) is -0.360. The minimum Gasteiger partial charge on any atom is -0.481 e. The van der Waals surface area contributed by atoms with Crippen LogP contribution in [0.25, 0.3) is 0 Å². The van der Waals surface area contributed by atoms with Crippen molar-refractivity contribution in [1.82, 2.24) is 10.2 Å². The van der Waals surface area contributed by atoms with Gasteiger partial charge in [-0.3, -0.25) is 9.59 Å². The van der Waals surface area contributed by atoms with Gasteiger partial charge in [0.05, 0.1) is 5.41 Å². The minimum atomic E-state index is -0.706. The van der Waals surface area contributed by atoms with Crippen LogP contribution in [0.1, 0.15) is 46.0 Å². The van der Waals surface area contributed by atoms with Gasteiger partial charge in [0.2, 0.25) is 5.91 Å². The van der Waals surface area contributed by atoms with Crippen LogP contribution in [0.5, 0.6) is 0 Å². The van der Waals surface area contributed by atoms with Crippen LogP contribution in [0, 0.1) is 11.3 Å². The SMILES string of the molecule is CCC1(C(=O)O)CCN(C(=O)C2CCNC(C)C2)CC1. The molecule has 5 heteroatoms. The molecule has 2 atom stereocenters. The first-order valence-electron chi connectivity index (χ1n) is 7.74. The van der Waals surface area contributed by atoms with Crippen LogP contribution in [-0.2, 0) is 9.59 Å². The van der Waals surface area contributed by atoms with Crippen molar-refractivity contribution >= 4 is 11.9 Å². The Kier molecular flexibility index (Phi) is 4.68. The molecule has 114 valence electrons. The first-order valence-corrected chi connectivity index (χ1v) is 7.74. The van der Waals surface area contributed by atoms with E-state index in [1.54, 1.807) is 0 Å². The number of carboxylic acids is 1. The van der Waals surface area contributed by atoms with Crippen molar-refractivity contribution in [2.24, 2.45) is 11.3 Å². The number of carbonyl (C=O) groups excluding carboxylic acids is 1. The average Bonchev–Trinajstić information content (AvgIpc) is 2.46. The molecule has 5 nitrogen and oxygen atoms in total. The Hall–Kier alpha value is -1.10. The summed E-state index contributed by atoms with van der Waals surface area (Å²) in [5, 5.41) is 12.7. The van der Waals surface area contributed by atoms with E-state index in [0.29, 0.717) is 38.4 Å². The van der Waals surface area contributed by atoms with Crippen LogP contribution < -0.4 is 5.32 Å². The Morgan fingerprint density at radius 3 is 2.50 bits per heavy atom. The van der Waals surface area contributed by atoms with Crippen LogP contribution in [-0.4, -0.2) is 47.6 Å². The van der Waals surface area contributed by atoms with Gasteiger partial charge in [0.1, 0.15) is 0 Å². The molecular weight excluding hydrogens is 256 g/mol. The number of piperidine rings is 2. The van der Waals surface area contributed by atoms with Crippen LogP contribution >= 0.6 is 0 Å². The summed E-state index contributed by atoms with van der Waals surface area (Å²) < 4.78 is 0. The van der Waals surface area contributed by atoms with Crippen molar-refractivity contribution in [1.29, 1.82) is 0 Å². The van der Waals surface area contributed by atoms with E-state index >= 15 is 0 Å². The Labute approximate surface area is 120 Å². The largest absolute Gasteiger partial charge is 0.481 e. The first kappa shape index (κ1) is 15.3. The number of amides is 1. The summed E-state index contributed by atoms with van der Waals surface area (Å²) in [4.78, 5) is 25.8. The van der Waals surface area contributed by atoms with Gasteiger partial charge >= 0.3 is 5.97 Å². The number of rotatable bonds is 3. The summed E-state index contributed by atoms with van der Waals surface area (Å²) in [6.45, 7) is 6.14. The van der Waals surface area contributed by atoms with E-state index in [-0.39, 0.29) is 11.8 Å². The normalized spacial score (nSPS) is 30.0. The number of hydrogen-bond donors (Lipinski definition) is 2. The highest BCUT2D eigenvalue weighted by Gasteiger charge is 2.41. The monoisotopic (exact) mass is 282 g/mol. The van der Waals surface area contributed by atoms with Gasteiger partial charge in [-0.1, -0.05) is 6.92 Å². The number of likely N-dealkylation sites (tertiary alicyclic amines) is 1. The van der Waals surface area contributed by atoms with Gasteiger partial charge < -0.3 is 15.3 Å². The van der Waals surface area contributed by atoms with Crippen molar-refractivity contribution in [2.75, 3.05) is 19.6 Å². The van der Waals surface area contributed by atoms with E-state index in [9.17, 15) is 14.7 Å². The molecule has 2 rings (SSSR count). The fraction of sp³-hybridized carbons (Fsp3) is 0.867. The molecule has 2 unspecified atom stereocenters. The third-order valence-corrected chi connectivity index (χ3v) is 5.14. The lowest BCUT2D eigenvalue weighted by atomic mass is 9.76. The maximum atomic E-state index is 12.5. The maximum absolute atomic E-state index is 12.5. The van der Waals surface area contributed by atoms with Gasteiger partial charge in [-0.05, 0) is 45.6 Å². The third kappa shape index (κ3) is 2.97.